The molecule has 1 aromatic heterocycles. The number of piperazine rings is 1. The largest absolute Gasteiger partial charge is 0.316 e. The second kappa shape index (κ2) is 4.67. The van der Waals surface area contributed by atoms with E-state index in [-0.39, 0.29) is 18.3 Å². The van der Waals surface area contributed by atoms with Gasteiger partial charge in [-0.25, -0.2) is 4.68 Å². The minimum Gasteiger partial charge on any atom is -0.316 e. The van der Waals surface area contributed by atoms with Crippen molar-refractivity contribution in [1.82, 2.24) is 30.5 Å². The van der Waals surface area contributed by atoms with E-state index in [9.17, 15) is 14.4 Å². The van der Waals surface area contributed by atoms with Crippen LogP contribution < -0.4 is 10.6 Å². The molecule has 2 saturated heterocycles. The standard InChI is InChI=1S/C11H14N6O3/c1-6-10(19)13-9(18)5-16(6)11(20)8-4-17(15-14-8)7-2-12-3-7/h4,6-7,12H,2-3,5H2,1H3,(H,13,18,19). The van der Waals surface area contributed by atoms with E-state index >= 15 is 0 Å². The van der Waals surface area contributed by atoms with Gasteiger partial charge in [0.1, 0.15) is 12.6 Å². The molecule has 0 aliphatic carbocycles. The fraction of sp³-hybridized carbons (Fsp3) is 0.545. The molecule has 0 aromatic carbocycles. The van der Waals surface area contributed by atoms with Crippen LogP contribution in [0.4, 0.5) is 0 Å². The average molecular weight is 278 g/mol. The van der Waals surface area contributed by atoms with Gasteiger partial charge in [-0.2, -0.15) is 0 Å². The Hall–Kier alpha value is -2.29. The number of aromatic nitrogens is 3. The van der Waals surface area contributed by atoms with Crippen molar-refractivity contribution in [1.29, 1.82) is 0 Å². The SMILES string of the molecule is CC1C(=O)NC(=O)CN1C(=O)c1cn(C2CNC2)nn1. The molecule has 2 aliphatic heterocycles. The molecule has 3 amide bonds. The van der Waals surface area contributed by atoms with Crippen LogP contribution in [0.2, 0.25) is 0 Å². The molecule has 106 valence electrons. The zero-order chi connectivity index (χ0) is 14.3. The molecule has 2 aliphatic rings. The molecule has 1 unspecified atom stereocenters. The number of rotatable bonds is 2. The minimum absolute atomic E-state index is 0.145. The van der Waals surface area contributed by atoms with Gasteiger partial charge in [0.25, 0.3) is 5.91 Å². The summed E-state index contributed by atoms with van der Waals surface area (Å²) in [6.45, 7) is 3.00. The Labute approximate surface area is 114 Å². The summed E-state index contributed by atoms with van der Waals surface area (Å²) in [6.07, 6.45) is 1.55. The van der Waals surface area contributed by atoms with Crippen molar-refractivity contribution in [2.24, 2.45) is 0 Å². The fourth-order valence-corrected chi connectivity index (χ4v) is 2.12. The number of amides is 3. The highest BCUT2D eigenvalue weighted by Gasteiger charge is 2.35. The van der Waals surface area contributed by atoms with Gasteiger partial charge in [-0.3, -0.25) is 19.7 Å². The quantitative estimate of drug-likeness (QED) is 0.600. The van der Waals surface area contributed by atoms with E-state index in [1.807, 2.05) is 0 Å². The first-order valence-corrected chi connectivity index (χ1v) is 6.33. The normalized spacial score (nSPS) is 23.4. The van der Waals surface area contributed by atoms with Crippen LogP contribution in [0, 0.1) is 0 Å². The minimum atomic E-state index is -0.698. The summed E-state index contributed by atoms with van der Waals surface area (Å²) >= 11 is 0. The van der Waals surface area contributed by atoms with Gasteiger partial charge >= 0.3 is 0 Å². The van der Waals surface area contributed by atoms with E-state index in [0.29, 0.717) is 0 Å². The van der Waals surface area contributed by atoms with Crippen LogP contribution in [0.1, 0.15) is 23.5 Å². The summed E-state index contributed by atoms with van der Waals surface area (Å²) < 4.78 is 1.63. The lowest BCUT2D eigenvalue weighted by Crippen LogP contribution is -2.58. The van der Waals surface area contributed by atoms with Crippen LogP contribution in [-0.2, 0) is 9.59 Å². The van der Waals surface area contributed by atoms with E-state index in [1.54, 1.807) is 17.8 Å². The van der Waals surface area contributed by atoms with Crippen molar-refractivity contribution in [2.45, 2.75) is 19.0 Å². The smallest absolute Gasteiger partial charge is 0.277 e. The van der Waals surface area contributed by atoms with E-state index in [1.165, 1.54) is 4.90 Å². The van der Waals surface area contributed by atoms with Crippen molar-refractivity contribution < 1.29 is 14.4 Å². The highest BCUT2D eigenvalue weighted by molar-refractivity contribution is 6.06. The molecule has 2 fully saturated rings. The molecule has 0 spiro atoms. The van der Waals surface area contributed by atoms with Gasteiger partial charge in [0.15, 0.2) is 5.69 Å². The summed E-state index contributed by atoms with van der Waals surface area (Å²) in [5, 5.41) is 13.0. The monoisotopic (exact) mass is 278 g/mol. The Morgan fingerprint density at radius 2 is 2.15 bits per heavy atom. The third-order valence-corrected chi connectivity index (χ3v) is 3.55. The number of carbonyl (C=O) groups is 3. The second-order valence-electron chi connectivity index (χ2n) is 4.92. The first kappa shape index (κ1) is 12.7. The summed E-state index contributed by atoms with van der Waals surface area (Å²) in [5.41, 5.74) is 0.145. The van der Waals surface area contributed by atoms with E-state index in [2.05, 4.69) is 20.9 Å². The Bertz CT molecular complexity index is 578. The predicted molar refractivity (Wildman–Crippen MR) is 65.6 cm³/mol. The average Bonchev–Trinajstić information content (AvgIpc) is 2.80. The third kappa shape index (κ3) is 2.05. The highest BCUT2D eigenvalue weighted by atomic mass is 16.2. The number of imide groups is 1. The molecule has 9 nitrogen and oxygen atoms in total. The van der Waals surface area contributed by atoms with Gasteiger partial charge in [-0.1, -0.05) is 5.21 Å². The number of carbonyl (C=O) groups excluding carboxylic acids is 3. The Morgan fingerprint density at radius 3 is 2.80 bits per heavy atom. The molecule has 1 atom stereocenters. The molecule has 3 rings (SSSR count). The van der Waals surface area contributed by atoms with Gasteiger partial charge in [-0.05, 0) is 6.92 Å². The van der Waals surface area contributed by atoms with Crippen LogP contribution in [0.15, 0.2) is 6.20 Å². The molecule has 0 bridgehead atoms. The van der Waals surface area contributed by atoms with Gasteiger partial charge in [0, 0.05) is 13.1 Å². The highest BCUT2D eigenvalue weighted by Crippen LogP contribution is 2.13. The molecule has 1 aromatic rings. The topological polar surface area (TPSA) is 109 Å². The second-order valence-corrected chi connectivity index (χ2v) is 4.92. The summed E-state index contributed by atoms with van der Waals surface area (Å²) in [5.74, 6) is -1.43. The molecular formula is C11H14N6O3. The first-order valence-electron chi connectivity index (χ1n) is 6.33. The van der Waals surface area contributed by atoms with Crippen LogP contribution >= 0.6 is 0 Å². The molecule has 0 radical (unpaired) electrons. The zero-order valence-electron chi connectivity index (χ0n) is 10.9. The summed E-state index contributed by atoms with van der Waals surface area (Å²) in [6, 6.07) is -0.497. The van der Waals surface area contributed by atoms with Crippen molar-refractivity contribution in [3.8, 4) is 0 Å². The van der Waals surface area contributed by atoms with Crippen LogP contribution in [-0.4, -0.2) is 63.3 Å². The van der Waals surface area contributed by atoms with E-state index < -0.39 is 23.8 Å². The van der Waals surface area contributed by atoms with Crippen LogP contribution in [0.3, 0.4) is 0 Å². The zero-order valence-corrected chi connectivity index (χ0v) is 10.9. The van der Waals surface area contributed by atoms with Crippen molar-refractivity contribution >= 4 is 17.7 Å². The number of nitrogens with zero attached hydrogens (tertiary/aromatic N) is 4. The fourth-order valence-electron chi connectivity index (χ4n) is 2.12. The van der Waals surface area contributed by atoms with Gasteiger partial charge in [-0.15, -0.1) is 5.10 Å². The molecule has 0 saturated carbocycles. The predicted octanol–water partition coefficient (Wildman–Crippen LogP) is -2.09. The maximum absolute atomic E-state index is 12.3. The molecule has 20 heavy (non-hydrogen) atoms. The molecule has 9 heteroatoms. The van der Waals surface area contributed by atoms with Crippen molar-refractivity contribution in [3.05, 3.63) is 11.9 Å². The van der Waals surface area contributed by atoms with E-state index in [4.69, 9.17) is 0 Å². The lowest BCUT2D eigenvalue weighted by Gasteiger charge is -2.30. The van der Waals surface area contributed by atoms with Crippen molar-refractivity contribution in [2.75, 3.05) is 19.6 Å². The number of hydrogen-bond donors (Lipinski definition) is 2. The van der Waals surface area contributed by atoms with Crippen molar-refractivity contribution in [3.63, 3.8) is 0 Å². The Kier molecular flexibility index (Phi) is 2.97. The number of nitrogens with one attached hydrogen (secondary N) is 2. The lowest BCUT2D eigenvalue weighted by atomic mass is 10.2. The summed E-state index contributed by atoms with van der Waals surface area (Å²) in [7, 11) is 0. The number of hydrogen-bond acceptors (Lipinski definition) is 6. The van der Waals surface area contributed by atoms with Crippen LogP contribution in [0.25, 0.3) is 0 Å². The lowest BCUT2D eigenvalue weighted by molar-refractivity contribution is -0.138. The molecule has 3 heterocycles. The molecule has 2 N–H and O–H groups in total. The maximum Gasteiger partial charge on any atom is 0.277 e. The summed E-state index contributed by atoms with van der Waals surface area (Å²) in [4.78, 5) is 36.4. The van der Waals surface area contributed by atoms with Crippen LogP contribution in [0.5, 0.6) is 0 Å². The maximum atomic E-state index is 12.3. The molecular weight excluding hydrogens is 264 g/mol. The Balaban J connectivity index is 1.78. The first-order chi connectivity index (χ1) is 9.56. The third-order valence-electron chi connectivity index (χ3n) is 3.55. The Morgan fingerprint density at radius 1 is 1.40 bits per heavy atom. The van der Waals surface area contributed by atoms with Gasteiger partial charge < -0.3 is 10.2 Å². The van der Waals surface area contributed by atoms with Gasteiger partial charge in [0.2, 0.25) is 11.8 Å². The van der Waals surface area contributed by atoms with Gasteiger partial charge in [0.05, 0.1) is 12.2 Å². The van der Waals surface area contributed by atoms with E-state index in [0.717, 1.165) is 13.1 Å².